The van der Waals surface area contributed by atoms with Gasteiger partial charge in [-0.2, -0.15) is 5.10 Å². The molecule has 0 spiro atoms. The maximum absolute atomic E-state index is 11.2. The minimum atomic E-state index is -0.812. The SMILES string of the molecule is Cc1nn(C)c(N2CCC(C)(C(=O)O)CC2)c1[N+](=O)[O-]. The van der Waals surface area contributed by atoms with Gasteiger partial charge in [0.1, 0.15) is 5.69 Å². The van der Waals surface area contributed by atoms with Crippen LogP contribution in [0.15, 0.2) is 0 Å². The molecule has 0 aliphatic carbocycles. The molecule has 0 aromatic carbocycles. The molecule has 20 heavy (non-hydrogen) atoms. The van der Waals surface area contributed by atoms with Crippen molar-refractivity contribution in [2.24, 2.45) is 12.5 Å². The van der Waals surface area contributed by atoms with Gasteiger partial charge in [0.2, 0.25) is 5.82 Å². The van der Waals surface area contributed by atoms with E-state index in [-0.39, 0.29) is 5.69 Å². The Labute approximate surface area is 116 Å². The molecule has 0 unspecified atom stereocenters. The van der Waals surface area contributed by atoms with Gasteiger partial charge in [0.25, 0.3) is 0 Å². The Hall–Kier alpha value is -2.12. The van der Waals surface area contributed by atoms with Gasteiger partial charge >= 0.3 is 11.7 Å². The van der Waals surface area contributed by atoms with Gasteiger partial charge in [0, 0.05) is 20.1 Å². The number of hydrogen-bond donors (Lipinski definition) is 1. The average molecular weight is 282 g/mol. The van der Waals surface area contributed by atoms with E-state index in [2.05, 4.69) is 5.10 Å². The fraction of sp³-hybridized carbons (Fsp3) is 0.667. The van der Waals surface area contributed by atoms with Crippen LogP contribution in [0.1, 0.15) is 25.5 Å². The Kier molecular flexibility index (Phi) is 3.41. The molecule has 110 valence electrons. The standard InChI is InChI=1S/C12H18N4O4/c1-8-9(16(19)20)10(14(3)13-8)15-6-4-12(2,5-7-15)11(17)18/h4-7H2,1-3H3,(H,17,18). The first-order valence-electron chi connectivity index (χ1n) is 6.42. The van der Waals surface area contributed by atoms with Gasteiger partial charge in [-0.3, -0.25) is 14.9 Å². The van der Waals surface area contributed by atoms with Gasteiger partial charge in [-0.1, -0.05) is 0 Å². The zero-order chi connectivity index (χ0) is 15.1. The van der Waals surface area contributed by atoms with Crippen LogP contribution in [-0.2, 0) is 11.8 Å². The highest BCUT2D eigenvalue weighted by atomic mass is 16.6. The summed E-state index contributed by atoms with van der Waals surface area (Å²) in [6.45, 7) is 4.27. The minimum absolute atomic E-state index is 0.00595. The molecule has 1 N–H and O–H groups in total. The number of carboxylic acids is 1. The number of aromatic nitrogens is 2. The number of carbonyl (C=O) groups is 1. The van der Waals surface area contributed by atoms with Crippen LogP contribution in [0.4, 0.5) is 11.5 Å². The summed E-state index contributed by atoms with van der Waals surface area (Å²) in [5.74, 6) is -0.354. The van der Waals surface area contributed by atoms with Gasteiger partial charge in [0.05, 0.1) is 10.3 Å². The molecule has 1 fully saturated rings. The summed E-state index contributed by atoms with van der Waals surface area (Å²) in [5, 5.41) is 24.5. The second-order valence-electron chi connectivity index (χ2n) is 5.49. The molecular formula is C12H18N4O4. The second-order valence-corrected chi connectivity index (χ2v) is 5.49. The molecule has 0 radical (unpaired) electrons. The van der Waals surface area contributed by atoms with Crippen molar-refractivity contribution in [3.63, 3.8) is 0 Å². The molecule has 1 aliphatic rings. The maximum atomic E-state index is 11.2. The molecule has 2 rings (SSSR count). The molecular weight excluding hydrogens is 264 g/mol. The van der Waals surface area contributed by atoms with E-state index in [0.29, 0.717) is 37.4 Å². The van der Waals surface area contributed by atoms with Crippen molar-refractivity contribution >= 4 is 17.5 Å². The van der Waals surface area contributed by atoms with Crippen LogP contribution in [0, 0.1) is 22.5 Å². The maximum Gasteiger partial charge on any atom is 0.333 e. The first-order chi connectivity index (χ1) is 9.26. The van der Waals surface area contributed by atoms with Gasteiger partial charge in [-0.15, -0.1) is 0 Å². The molecule has 0 amide bonds. The summed E-state index contributed by atoms with van der Waals surface area (Å²) < 4.78 is 1.50. The lowest BCUT2D eigenvalue weighted by molar-refractivity contribution is -0.384. The van der Waals surface area contributed by atoms with Crippen LogP contribution in [-0.4, -0.2) is 38.9 Å². The van der Waals surface area contributed by atoms with Gasteiger partial charge in [0.15, 0.2) is 0 Å². The molecule has 1 aromatic rings. The van der Waals surface area contributed by atoms with E-state index >= 15 is 0 Å². The van der Waals surface area contributed by atoms with Gasteiger partial charge < -0.3 is 10.0 Å². The third-order valence-corrected chi connectivity index (χ3v) is 4.03. The highest BCUT2D eigenvalue weighted by Gasteiger charge is 2.39. The molecule has 1 aromatic heterocycles. The normalized spacial score (nSPS) is 18.1. The van der Waals surface area contributed by atoms with Gasteiger partial charge in [-0.05, 0) is 26.7 Å². The van der Waals surface area contributed by atoms with Crippen molar-refractivity contribution < 1.29 is 14.8 Å². The molecule has 0 bridgehead atoms. The van der Waals surface area contributed by atoms with Crippen LogP contribution >= 0.6 is 0 Å². The van der Waals surface area contributed by atoms with Crippen LogP contribution in [0.2, 0.25) is 0 Å². The highest BCUT2D eigenvalue weighted by molar-refractivity contribution is 5.75. The molecule has 8 nitrogen and oxygen atoms in total. The molecule has 8 heteroatoms. The predicted molar refractivity (Wildman–Crippen MR) is 71.8 cm³/mol. The lowest BCUT2D eigenvalue weighted by Crippen LogP contribution is -2.43. The van der Waals surface area contributed by atoms with Gasteiger partial charge in [-0.25, -0.2) is 4.68 Å². The monoisotopic (exact) mass is 282 g/mol. The number of aryl methyl sites for hydroxylation is 2. The molecule has 2 heterocycles. The van der Waals surface area contributed by atoms with E-state index in [1.807, 2.05) is 4.90 Å². The largest absolute Gasteiger partial charge is 0.481 e. The molecule has 0 atom stereocenters. The average Bonchev–Trinajstić information content (AvgIpc) is 2.65. The van der Waals surface area contributed by atoms with E-state index in [4.69, 9.17) is 0 Å². The number of nitrogens with zero attached hydrogens (tertiary/aromatic N) is 4. The highest BCUT2D eigenvalue weighted by Crippen LogP contribution is 2.37. The van der Waals surface area contributed by atoms with E-state index in [9.17, 15) is 20.0 Å². The van der Waals surface area contributed by atoms with Crippen LogP contribution < -0.4 is 4.90 Å². The third-order valence-electron chi connectivity index (χ3n) is 4.03. The topological polar surface area (TPSA) is 102 Å². The third kappa shape index (κ3) is 2.21. The number of hydrogen-bond acceptors (Lipinski definition) is 5. The van der Waals surface area contributed by atoms with Crippen molar-refractivity contribution in [2.75, 3.05) is 18.0 Å². The van der Waals surface area contributed by atoms with Crippen LogP contribution in [0.25, 0.3) is 0 Å². The Morgan fingerprint density at radius 2 is 2.00 bits per heavy atom. The lowest BCUT2D eigenvalue weighted by Gasteiger charge is -2.36. The summed E-state index contributed by atoms with van der Waals surface area (Å²) in [6, 6.07) is 0. The number of piperidine rings is 1. The zero-order valence-electron chi connectivity index (χ0n) is 11.8. The predicted octanol–water partition coefficient (Wildman–Crippen LogP) is 1.33. The van der Waals surface area contributed by atoms with E-state index < -0.39 is 16.3 Å². The second kappa shape index (κ2) is 4.77. The van der Waals surface area contributed by atoms with Crippen molar-refractivity contribution in [3.05, 3.63) is 15.8 Å². The lowest BCUT2D eigenvalue weighted by atomic mass is 9.80. The quantitative estimate of drug-likeness (QED) is 0.662. The van der Waals surface area contributed by atoms with Crippen LogP contribution in [0.5, 0.6) is 0 Å². The summed E-state index contributed by atoms with van der Waals surface area (Å²) in [5.41, 5.74) is -0.371. The zero-order valence-corrected chi connectivity index (χ0v) is 11.8. The summed E-state index contributed by atoms with van der Waals surface area (Å²) in [7, 11) is 1.67. The molecule has 1 aliphatic heterocycles. The Bertz CT molecular complexity index is 558. The first-order valence-corrected chi connectivity index (χ1v) is 6.42. The number of aliphatic carboxylic acids is 1. The number of rotatable bonds is 3. The first kappa shape index (κ1) is 14.3. The van der Waals surface area contributed by atoms with Crippen molar-refractivity contribution in [2.45, 2.75) is 26.7 Å². The fourth-order valence-electron chi connectivity index (χ4n) is 2.63. The van der Waals surface area contributed by atoms with Crippen molar-refractivity contribution in [1.82, 2.24) is 9.78 Å². The molecule has 1 saturated heterocycles. The Morgan fingerprint density at radius 1 is 1.45 bits per heavy atom. The minimum Gasteiger partial charge on any atom is -0.481 e. The Balaban J connectivity index is 2.28. The van der Waals surface area contributed by atoms with Crippen molar-refractivity contribution in [1.29, 1.82) is 0 Å². The van der Waals surface area contributed by atoms with Crippen molar-refractivity contribution in [3.8, 4) is 0 Å². The summed E-state index contributed by atoms with van der Waals surface area (Å²) in [6.07, 6.45) is 0.924. The Morgan fingerprint density at radius 3 is 2.45 bits per heavy atom. The fourth-order valence-corrected chi connectivity index (χ4v) is 2.63. The number of anilines is 1. The van der Waals surface area contributed by atoms with E-state index in [0.717, 1.165) is 0 Å². The van der Waals surface area contributed by atoms with E-state index in [1.54, 1.807) is 20.9 Å². The molecule has 0 saturated carbocycles. The number of nitro groups is 1. The number of carboxylic acid groups (broad SMARTS) is 1. The summed E-state index contributed by atoms with van der Waals surface area (Å²) >= 11 is 0. The summed E-state index contributed by atoms with van der Waals surface area (Å²) in [4.78, 5) is 23.8. The van der Waals surface area contributed by atoms with Crippen LogP contribution in [0.3, 0.4) is 0 Å². The smallest absolute Gasteiger partial charge is 0.333 e. The van der Waals surface area contributed by atoms with E-state index in [1.165, 1.54) is 4.68 Å².